The lowest BCUT2D eigenvalue weighted by molar-refractivity contribution is 0.301. The average molecular weight is 482 g/mol. The molecule has 0 spiro atoms. The van der Waals surface area contributed by atoms with Crippen molar-refractivity contribution in [1.82, 2.24) is 0 Å². The van der Waals surface area contributed by atoms with E-state index in [2.05, 4.69) is 43.2 Å². The molecule has 0 heterocycles. The summed E-state index contributed by atoms with van der Waals surface area (Å²) >= 11 is 13.2. The third-order valence-corrected chi connectivity index (χ3v) is 4.90. The van der Waals surface area contributed by atoms with Gasteiger partial charge in [0.25, 0.3) is 0 Å². The van der Waals surface area contributed by atoms with Gasteiger partial charge in [0.05, 0.1) is 4.47 Å². The van der Waals surface area contributed by atoms with Gasteiger partial charge in [-0.1, -0.05) is 57.9 Å². The molecule has 5 heteroatoms. The number of halogens is 3. The Morgan fingerprint density at radius 2 is 1.72 bits per heavy atom. The number of ether oxygens (including phenoxy) is 1. The van der Waals surface area contributed by atoms with Crippen LogP contribution in [0.3, 0.4) is 0 Å². The zero-order valence-electron chi connectivity index (χ0n) is 13.3. The van der Waals surface area contributed by atoms with E-state index in [4.69, 9.17) is 16.3 Å². The third kappa shape index (κ3) is 5.24. The monoisotopic (exact) mass is 479 g/mol. The van der Waals surface area contributed by atoms with E-state index in [1.165, 1.54) is 0 Å². The molecule has 25 heavy (non-hydrogen) atoms. The van der Waals surface area contributed by atoms with Crippen LogP contribution >= 0.6 is 43.5 Å². The second-order valence-corrected chi connectivity index (χ2v) is 7.72. The van der Waals surface area contributed by atoms with E-state index >= 15 is 0 Å². The molecule has 0 unspecified atom stereocenters. The fraction of sp³-hybridized carbons (Fsp3) is 0.100. The quantitative estimate of drug-likeness (QED) is 0.407. The van der Waals surface area contributed by atoms with E-state index < -0.39 is 0 Å². The summed E-state index contributed by atoms with van der Waals surface area (Å²) < 4.78 is 8.00. The van der Waals surface area contributed by atoms with E-state index in [1.54, 1.807) is 0 Å². The summed E-state index contributed by atoms with van der Waals surface area (Å²) in [6.07, 6.45) is 0. The van der Waals surface area contributed by atoms with Crippen LogP contribution in [0.25, 0.3) is 0 Å². The maximum absolute atomic E-state index is 6.09. The Morgan fingerprint density at radius 1 is 0.920 bits per heavy atom. The molecule has 3 rings (SSSR count). The van der Waals surface area contributed by atoms with Crippen molar-refractivity contribution < 1.29 is 4.74 Å². The van der Waals surface area contributed by atoms with Crippen LogP contribution in [-0.2, 0) is 13.2 Å². The summed E-state index contributed by atoms with van der Waals surface area (Å²) in [4.78, 5) is 0. The van der Waals surface area contributed by atoms with Crippen LogP contribution in [0, 0.1) is 0 Å². The second-order valence-electron chi connectivity index (χ2n) is 5.51. The smallest absolute Gasteiger partial charge is 0.139 e. The number of para-hydroxylation sites is 1. The predicted octanol–water partition coefficient (Wildman–Crippen LogP) is 7.06. The molecule has 0 fully saturated rings. The first-order valence-corrected chi connectivity index (χ1v) is 9.72. The highest BCUT2D eigenvalue weighted by atomic mass is 79.9. The van der Waals surface area contributed by atoms with Crippen molar-refractivity contribution in [2.45, 2.75) is 13.2 Å². The number of nitrogens with one attached hydrogen (secondary N) is 1. The Balaban J connectivity index is 1.77. The van der Waals surface area contributed by atoms with Gasteiger partial charge in [-0.2, -0.15) is 0 Å². The molecular formula is C20H16Br2ClNO. The maximum atomic E-state index is 6.09. The zero-order valence-corrected chi connectivity index (χ0v) is 17.2. The molecule has 0 aliphatic rings. The van der Waals surface area contributed by atoms with Gasteiger partial charge in [0, 0.05) is 27.3 Å². The standard InChI is InChI=1S/C20H16Br2ClNO/c21-16-10-15(12-24-18-7-2-1-3-8-18)20(19(22)11-16)25-13-14-5-4-6-17(23)9-14/h1-11,24H,12-13H2. The molecule has 0 saturated carbocycles. The highest BCUT2D eigenvalue weighted by Gasteiger charge is 2.11. The van der Waals surface area contributed by atoms with Crippen LogP contribution in [0.5, 0.6) is 5.75 Å². The Kier molecular flexibility index (Phi) is 6.40. The van der Waals surface area contributed by atoms with E-state index in [0.717, 1.165) is 31.5 Å². The van der Waals surface area contributed by atoms with Crippen LogP contribution in [0.15, 0.2) is 75.7 Å². The molecule has 0 atom stereocenters. The van der Waals surface area contributed by atoms with Gasteiger partial charge in [-0.05, 0) is 57.9 Å². The lowest BCUT2D eigenvalue weighted by Crippen LogP contribution is -2.04. The van der Waals surface area contributed by atoms with Gasteiger partial charge in [0.2, 0.25) is 0 Å². The molecular weight excluding hydrogens is 465 g/mol. The van der Waals surface area contributed by atoms with Crippen molar-refractivity contribution in [2.24, 2.45) is 0 Å². The van der Waals surface area contributed by atoms with E-state index in [0.29, 0.717) is 18.2 Å². The summed E-state index contributed by atoms with van der Waals surface area (Å²) in [7, 11) is 0. The first-order valence-electron chi connectivity index (χ1n) is 7.76. The Morgan fingerprint density at radius 3 is 2.48 bits per heavy atom. The predicted molar refractivity (Wildman–Crippen MR) is 111 cm³/mol. The number of hydrogen-bond donors (Lipinski definition) is 1. The summed E-state index contributed by atoms with van der Waals surface area (Å²) in [5.74, 6) is 0.826. The van der Waals surface area contributed by atoms with Crippen molar-refractivity contribution in [3.63, 3.8) is 0 Å². The van der Waals surface area contributed by atoms with E-state index in [-0.39, 0.29) is 0 Å². The van der Waals surface area contributed by atoms with Crippen LogP contribution in [0.1, 0.15) is 11.1 Å². The molecule has 0 aliphatic carbocycles. The van der Waals surface area contributed by atoms with Gasteiger partial charge in [-0.25, -0.2) is 0 Å². The largest absolute Gasteiger partial charge is 0.487 e. The topological polar surface area (TPSA) is 21.3 Å². The Labute approximate surface area is 169 Å². The van der Waals surface area contributed by atoms with Crippen LogP contribution in [0.4, 0.5) is 5.69 Å². The first kappa shape index (κ1) is 18.3. The van der Waals surface area contributed by atoms with Crippen molar-refractivity contribution in [1.29, 1.82) is 0 Å². The minimum atomic E-state index is 0.457. The van der Waals surface area contributed by atoms with Crippen molar-refractivity contribution >= 4 is 49.1 Å². The van der Waals surface area contributed by atoms with Crippen molar-refractivity contribution in [2.75, 3.05) is 5.32 Å². The molecule has 3 aromatic carbocycles. The second kappa shape index (κ2) is 8.75. The van der Waals surface area contributed by atoms with E-state index in [1.807, 2.05) is 60.7 Å². The number of anilines is 1. The number of benzene rings is 3. The first-order chi connectivity index (χ1) is 12.1. The molecule has 2 nitrogen and oxygen atoms in total. The molecule has 0 saturated heterocycles. The Bertz CT molecular complexity index is 856. The van der Waals surface area contributed by atoms with Gasteiger partial charge in [0.15, 0.2) is 0 Å². The van der Waals surface area contributed by atoms with E-state index in [9.17, 15) is 0 Å². The van der Waals surface area contributed by atoms with Crippen molar-refractivity contribution in [3.05, 3.63) is 91.8 Å². The van der Waals surface area contributed by atoms with Gasteiger partial charge < -0.3 is 10.1 Å². The molecule has 0 aromatic heterocycles. The third-order valence-electron chi connectivity index (χ3n) is 3.61. The number of rotatable bonds is 6. The maximum Gasteiger partial charge on any atom is 0.139 e. The highest BCUT2D eigenvalue weighted by molar-refractivity contribution is 9.11. The normalized spacial score (nSPS) is 10.5. The summed E-state index contributed by atoms with van der Waals surface area (Å²) in [5, 5.41) is 4.13. The van der Waals surface area contributed by atoms with Gasteiger partial charge in [-0.3, -0.25) is 0 Å². The van der Waals surface area contributed by atoms with Gasteiger partial charge in [-0.15, -0.1) is 0 Å². The molecule has 3 aromatic rings. The molecule has 128 valence electrons. The van der Waals surface area contributed by atoms with Crippen LogP contribution in [-0.4, -0.2) is 0 Å². The van der Waals surface area contributed by atoms with Gasteiger partial charge >= 0.3 is 0 Å². The molecule has 0 radical (unpaired) electrons. The van der Waals surface area contributed by atoms with Gasteiger partial charge in [0.1, 0.15) is 12.4 Å². The lowest BCUT2D eigenvalue weighted by atomic mass is 10.2. The fourth-order valence-corrected chi connectivity index (χ4v) is 4.08. The molecule has 0 aliphatic heterocycles. The SMILES string of the molecule is Clc1cccc(COc2c(Br)cc(Br)cc2CNc2ccccc2)c1. The van der Waals surface area contributed by atoms with Crippen molar-refractivity contribution in [3.8, 4) is 5.75 Å². The Hall–Kier alpha value is -1.49. The minimum Gasteiger partial charge on any atom is -0.487 e. The average Bonchev–Trinajstić information content (AvgIpc) is 2.60. The summed E-state index contributed by atoms with van der Waals surface area (Å²) in [6, 6.07) is 21.8. The highest BCUT2D eigenvalue weighted by Crippen LogP contribution is 2.34. The minimum absolute atomic E-state index is 0.457. The zero-order chi connectivity index (χ0) is 17.6. The summed E-state index contributed by atoms with van der Waals surface area (Å²) in [5.41, 5.74) is 3.16. The molecule has 0 bridgehead atoms. The fourth-order valence-electron chi connectivity index (χ4n) is 2.44. The molecule has 0 amide bonds. The van der Waals surface area contributed by atoms with Crippen LogP contribution < -0.4 is 10.1 Å². The van der Waals surface area contributed by atoms with Crippen LogP contribution in [0.2, 0.25) is 5.02 Å². The lowest BCUT2D eigenvalue weighted by Gasteiger charge is -2.15. The summed E-state index contributed by atoms with van der Waals surface area (Å²) in [6.45, 7) is 1.12. The number of hydrogen-bond acceptors (Lipinski definition) is 2. The molecule has 1 N–H and O–H groups in total.